The van der Waals surface area contributed by atoms with Crippen molar-refractivity contribution in [3.05, 3.63) is 71.8 Å². The maximum atomic E-state index is 12.3. The van der Waals surface area contributed by atoms with Crippen LogP contribution >= 0.6 is 0 Å². The van der Waals surface area contributed by atoms with E-state index in [-0.39, 0.29) is 23.7 Å². The lowest BCUT2D eigenvalue weighted by atomic mass is 10.1. The maximum Gasteiger partial charge on any atom is 0.309 e. The van der Waals surface area contributed by atoms with Gasteiger partial charge in [0.25, 0.3) is 0 Å². The molecule has 1 aliphatic heterocycles. The molecule has 3 atom stereocenters. The van der Waals surface area contributed by atoms with Gasteiger partial charge in [-0.1, -0.05) is 60.7 Å². The Morgan fingerprint density at radius 2 is 1.73 bits per heavy atom. The standard InChI is InChI=1S/C22H23NO3/c24-21-11-17(14-23(21)13-16-7-3-1-4-8-16)15-26-22(25)20-12-19(20)18-9-5-2-6-10-18/h1-10,17,19-20H,11-15H2/t17-,19-,20-/m1/s1. The van der Waals surface area contributed by atoms with Crippen LogP contribution in [0.4, 0.5) is 0 Å². The van der Waals surface area contributed by atoms with Gasteiger partial charge in [-0.3, -0.25) is 9.59 Å². The van der Waals surface area contributed by atoms with E-state index in [2.05, 4.69) is 12.1 Å². The number of carbonyl (C=O) groups excluding carboxylic acids is 2. The number of rotatable bonds is 6. The molecule has 0 bridgehead atoms. The number of hydrogen-bond donors (Lipinski definition) is 0. The first kappa shape index (κ1) is 16.8. The fourth-order valence-electron chi connectivity index (χ4n) is 3.75. The van der Waals surface area contributed by atoms with Crippen LogP contribution in [0.15, 0.2) is 60.7 Å². The number of esters is 1. The molecule has 0 spiro atoms. The Labute approximate surface area is 153 Å². The van der Waals surface area contributed by atoms with Crippen molar-refractivity contribution in [2.45, 2.75) is 25.3 Å². The van der Waals surface area contributed by atoms with Crippen molar-refractivity contribution in [1.29, 1.82) is 0 Å². The summed E-state index contributed by atoms with van der Waals surface area (Å²) in [5.74, 6) is 0.402. The summed E-state index contributed by atoms with van der Waals surface area (Å²) in [6, 6.07) is 20.1. The summed E-state index contributed by atoms with van der Waals surface area (Å²) in [6.45, 7) is 1.63. The van der Waals surface area contributed by atoms with Gasteiger partial charge in [0.2, 0.25) is 5.91 Å². The normalized spacial score (nSPS) is 24.5. The van der Waals surface area contributed by atoms with Crippen molar-refractivity contribution in [2.24, 2.45) is 11.8 Å². The summed E-state index contributed by atoms with van der Waals surface area (Å²) in [4.78, 5) is 26.3. The molecule has 2 fully saturated rings. The van der Waals surface area contributed by atoms with Gasteiger partial charge in [-0.05, 0) is 23.5 Å². The Bertz CT molecular complexity index is 774. The second kappa shape index (κ2) is 7.32. The van der Waals surface area contributed by atoms with E-state index in [1.165, 1.54) is 5.56 Å². The second-order valence-corrected chi connectivity index (χ2v) is 7.32. The number of ether oxygens (including phenoxy) is 1. The van der Waals surface area contributed by atoms with Crippen LogP contribution in [0.2, 0.25) is 0 Å². The second-order valence-electron chi connectivity index (χ2n) is 7.32. The SMILES string of the molecule is O=C(OC[C@@H]1CC(=O)N(Cc2ccccc2)C1)[C@@H]1C[C@@H]1c1ccccc1. The highest BCUT2D eigenvalue weighted by Crippen LogP contribution is 2.48. The third kappa shape index (κ3) is 3.79. The van der Waals surface area contributed by atoms with E-state index in [0.29, 0.717) is 32.0 Å². The summed E-state index contributed by atoms with van der Waals surface area (Å²) in [6.07, 6.45) is 1.33. The minimum absolute atomic E-state index is 0.0186. The fraction of sp³-hybridized carbons (Fsp3) is 0.364. The Morgan fingerprint density at radius 1 is 1.04 bits per heavy atom. The summed E-state index contributed by atoms with van der Waals surface area (Å²) in [7, 11) is 0. The Kier molecular flexibility index (Phi) is 4.74. The van der Waals surface area contributed by atoms with Crippen molar-refractivity contribution in [3.63, 3.8) is 0 Å². The van der Waals surface area contributed by atoms with E-state index < -0.39 is 0 Å². The van der Waals surface area contributed by atoms with Crippen LogP contribution in [-0.4, -0.2) is 29.9 Å². The molecule has 4 heteroatoms. The highest BCUT2D eigenvalue weighted by Gasteiger charge is 2.45. The van der Waals surface area contributed by atoms with Crippen LogP contribution in [0.3, 0.4) is 0 Å². The van der Waals surface area contributed by atoms with Gasteiger partial charge in [0.15, 0.2) is 0 Å². The molecule has 0 aromatic heterocycles. The minimum atomic E-state index is -0.118. The molecule has 2 aromatic rings. The van der Waals surface area contributed by atoms with Crippen molar-refractivity contribution >= 4 is 11.9 Å². The largest absolute Gasteiger partial charge is 0.465 e. The molecule has 2 aromatic carbocycles. The van der Waals surface area contributed by atoms with E-state index in [9.17, 15) is 9.59 Å². The monoisotopic (exact) mass is 349 g/mol. The molecule has 1 saturated heterocycles. The molecule has 1 aliphatic carbocycles. The predicted molar refractivity (Wildman–Crippen MR) is 98.2 cm³/mol. The molecule has 4 rings (SSSR count). The summed E-state index contributed by atoms with van der Waals surface area (Å²) >= 11 is 0. The van der Waals surface area contributed by atoms with Gasteiger partial charge >= 0.3 is 5.97 Å². The molecule has 134 valence electrons. The van der Waals surface area contributed by atoms with E-state index in [4.69, 9.17) is 4.74 Å². The van der Waals surface area contributed by atoms with Crippen LogP contribution in [0.1, 0.15) is 29.9 Å². The van der Waals surface area contributed by atoms with E-state index in [1.807, 2.05) is 53.4 Å². The molecule has 26 heavy (non-hydrogen) atoms. The molecule has 2 aliphatic rings. The highest BCUT2D eigenvalue weighted by atomic mass is 16.5. The van der Waals surface area contributed by atoms with Gasteiger partial charge in [0.05, 0.1) is 12.5 Å². The third-order valence-corrected chi connectivity index (χ3v) is 5.29. The van der Waals surface area contributed by atoms with E-state index >= 15 is 0 Å². The van der Waals surface area contributed by atoms with Gasteiger partial charge < -0.3 is 9.64 Å². The average Bonchev–Trinajstić information content (AvgIpc) is 3.40. The van der Waals surface area contributed by atoms with E-state index in [1.54, 1.807) is 0 Å². The van der Waals surface area contributed by atoms with Crippen LogP contribution in [0.5, 0.6) is 0 Å². The van der Waals surface area contributed by atoms with Crippen LogP contribution in [-0.2, 0) is 20.9 Å². The van der Waals surface area contributed by atoms with Crippen molar-refractivity contribution in [1.82, 2.24) is 4.90 Å². The average molecular weight is 349 g/mol. The minimum Gasteiger partial charge on any atom is -0.465 e. The smallest absolute Gasteiger partial charge is 0.309 e. The quantitative estimate of drug-likeness (QED) is 0.751. The van der Waals surface area contributed by atoms with Gasteiger partial charge in [-0.15, -0.1) is 0 Å². The fourth-order valence-corrected chi connectivity index (χ4v) is 3.75. The van der Waals surface area contributed by atoms with Crippen molar-refractivity contribution in [3.8, 4) is 0 Å². The maximum absolute atomic E-state index is 12.3. The number of carbonyl (C=O) groups is 2. The summed E-state index contributed by atoms with van der Waals surface area (Å²) in [5, 5.41) is 0. The first-order valence-corrected chi connectivity index (χ1v) is 9.24. The summed E-state index contributed by atoms with van der Waals surface area (Å²) < 4.78 is 5.53. The van der Waals surface area contributed by atoms with Gasteiger partial charge in [0.1, 0.15) is 0 Å². The molecule has 4 nitrogen and oxygen atoms in total. The lowest BCUT2D eigenvalue weighted by Gasteiger charge is -2.16. The highest BCUT2D eigenvalue weighted by molar-refractivity contribution is 5.79. The molecule has 1 amide bonds. The molecule has 0 unspecified atom stereocenters. The summed E-state index contributed by atoms with van der Waals surface area (Å²) in [5.41, 5.74) is 2.33. The first-order valence-electron chi connectivity index (χ1n) is 9.24. The van der Waals surface area contributed by atoms with Crippen LogP contribution < -0.4 is 0 Å². The number of benzene rings is 2. The lowest BCUT2D eigenvalue weighted by Crippen LogP contribution is -2.25. The van der Waals surface area contributed by atoms with Gasteiger partial charge in [0, 0.05) is 25.4 Å². The van der Waals surface area contributed by atoms with Gasteiger partial charge in [-0.25, -0.2) is 0 Å². The zero-order valence-corrected chi connectivity index (χ0v) is 14.7. The molecule has 0 radical (unpaired) electrons. The topological polar surface area (TPSA) is 46.6 Å². The zero-order chi connectivity index (χ0) is 17.9. The molecular weight excluding hydrogens is 326 g/mol. The Balaban J connectivity index is 1.24. The number of amides is 1. The molecule has 0 N–H and O–H groups in total. The van der Waals surface area contributed by atoms with Crippen molar-refractivity contribution < 1.29 is 14.3 Å². The molecule has 1 saturated carbocycles. The Hall–Kier alpha value is -2.62. The van der Waals surface area contributed by atoms with Crippen LogP contribution in [0.25, 0.3) is 0 Å². The molecule has 1 heterocycles. The zero-order valence-electron chi connectivity index (χ0n) is 14.7. The van der Waals surface area contributed by atoms with Crippen LogP contribution in [0, 0.1) is 11.8 Å². The predicted octanol–water partition coefficient (Wildman–Crippen LogP) is 3.38. The van der Waals surface area contributed by atoms with E-state index in [0.717, 1.165) is 12.0 Å². The first-order chi connectivity index (χ1) is 12.7. The van der Waals surface area contributed by atoms with Gasteiger partial charge in [-0.2, -0.15) is 0 Å². The number of hydrogen-bond acceptors (Lipinski definition) is 3. The Morgan fingerprint density at radius 3 is 2.46 bits per heavy atom. The lowest BCUT2D eigenvalue weighted by molar-refractivity contribution is -0.146. The molecular formula is C22H23NO3. The number of nitrogens with zero attached hydrogens (tertiary/aromatic N) is 1. The number of likely N-dealkylation sites (tertiary alicyclic amines) is 1. The third-order valence-electron chi connectivity index (χ3n) is 5.29. The van der Waals surface area contributed by atoms with Crippen molar-refractivity contribution in [2.75, 3.05) is 13.2 Å².